The van der Waals surface area contributed by atoms with Gasteiger partial charge in [-0.15, -0.1) is 0 Å². The summed E-state index contributed by atoms with van der Waals surface area (Å²) < 4.78 is 29.5. The molecule has 37 heavy (non-hydrogen) atoms. The molecule has 3 fully saturated rings. The SMILES string of the molecule is N#Cc1cccc2c1cnn2CCCCCCC12CC(C(=O)N3N=CCC3c3cc(F)cc(F)c3)(C1)C2. The molecule has 3 aromatic rings. The Balaban J connectivity index is 0.953. The van der Waals surface area contributed by atoms with Gasteiger partial charge in [-0.05, 0) is 67.3 Å². The van der Waals surface area contributed by atoms with E-state index in [4.69, 9.17) is 0 Å². The van der Waals surface area contributed by atoms with Gasteiger partial charge in [-0.1, -0.05) is 25.3 Å². The Hall–Kier alpha value is -3.60. The Morgan fingerprint density at radius 1 is 1.08 bits per heavy atom. The lowest BCUT2D eigenvalue weighted by molar-refractivity contribution is -0.220. The molecule has 190 valence electrons. The molecule has 0 radical (unpaired) electrons. The largest absolute Gasteiger partial charge is 0.272 e. The first kappa shape index (κ1) is 23.8. The fourth-order valence-corrected chi connectivity index (χ4v) is 6.88. The van der Waals surface area contributed by atoms with Crippen LogP contribution in [0.5, 0.6) is 0 Å². The van der Waals surface area contributed by atoms with Crippen LogP contribution in [-0.2, 0) is 11.3 Å². The molecule has 3 saturated carbocycles. The van der Waals surface area contributed by atoms with Gasteiger partial charge in [0, 0.05) is 30.6 Å². The van der Waals surface area contributed by atoms with Gasteiger partial charge in [0.2, 0.25) is 5.91 Å². The zero-order valence-electron chi connectivity index (χ0n) is 20.7. The summed E-state index contributed by atoms with van der Waals surface area (Å²) in [6, 6.07) is 11.0. The normalized spacial score (nSPS) is 25.6. The van der Waals surface area contributed by atoms with Crippen LogP contribution >= 0.6 is 0 Å². The van der Waals surface area contributed by atoms with Crippen LogP contribution in [0.1, 0.15) is 75.0 Å². The molecule has 0 saturated heterocycles. The van der Waals surface area contributed by atoms with E-state index in [1.54, 1.807) is 12.4 Å². The first-order chi connectivity index (χ1) is 17.9. The van der Waals surface area contributed by atoms with Gasteiger partial charge >= 0.3 is 0 Å². The van der Waals surface area contributed by atoms with E-state index in [-0.39, 0.29) is 16.7 Å². The van der Waals surface area contributed by atoms with Gasteiger partial charge in [-0.25, -0.2) is 13.8 Å². The van der Waals surface area contributed by atoms with E-state index in [1.807, 2.05) is 22.9 Å². The fourth-order valence-electron chi connectivity index (χ4n) is 6.88. The third-order valence-electron chi connectivity index (χ3n) is 8.54. The van der Waals surface area contributed by atoms with Crippen molar-refractivity contribution in [3.05, 3.63) is 65.4 Å². The molecular formula is C29H29F2N5O. The first-order valence-electron chi connectivity index (χ1n) is 13.1. The van der Waals surface area contributed by atoms with Gasteiger partial charge in [0.25, 0.3) is 0 Å². The number of aromatic nitrogens is 2. The van der Waals surface area contributed by atoms with Gasteiger partial charge in [-0.2, -0.15) is 15.5 Å². The highest BCUT2D eigenvalue weighted by Gasteiger charge is 2.71. The number of amides is 1. The average molecular weight is 502 g/mol. The number of hydrogen-bond acceptors (Lipinski definition) is 4. The molecule has 4 aliphatic rings. The van der Waals surface area contributed by atoms with Gasteiger partial charge in [0.05, 0.1) is 34.8 Å². The number of nitrogens with zero attached hydrogens (tertiary/aromatic N) is 5. The second-order valence-corrected chi connectivity index (χ2v) is 11.1. The molecule has 3 aliphatic carbocycles. The second kappa shape index (κ2) is 9.05. The summed E-state index contributed by atoms with van der Waals surface area (Å²) in [6.07, 6.45) is 12.2. The van der Waals surface area contributed by atoms with Crippen LogP contribution in [-0.4, -0.2) is 26.9 Å². The quantitative estimate of drug-likeness (QED) is 0.325. The molecule has 1 unspecified atom stereocenters. The number of benzene rings is 2. The number of rotatable bonds is 9. The van der Waals surface area contributed by atoms with Crippen molar-refractivity contribution in [2.24, 2.45) is 15.9 Å². The molecule has 6 nitrogen and oxygen atoms in total. The predicted molar refractivity (Wildman–Crippen MR) is 135 cm³/mol. The number of carbonyl (C=O) groups is 1. The maximum absolute atomic E-state index is 13.7. The van der Waals surface area contributed by atoms with E-state index in [9.17, 15) is 18.8 Å². The number of aryl methyl sites for hydroxylation is 1. The number of unbranched alkanes of at least 4 members (excludes halogenated alkanes) is 3. The molecule has 2 bridgehead atoms. The van der Waals surface area contributed by atoms with Crippen molar-refractivity contribution in [1.82, 2.24) is 14.8 Å². The molecule has 1 aliphatic heterocycles. The molecule has 1 amide bonds. The summed E-state index contributed by atoms with van der Waals surface area (Å²) >= 11 is 0. The van der Waals surface area contributed by atoms with E-state index in [0.29, 0.717) is 17.5 Å². The van der Waals surface area contributed by atoms with Crippen LogP contribution < -0.4 is 0 Å². The second-order valence-electron chi connectivity index (χ2n) is 11.1. The van der Waals surface area contributed by atoms with Crippen LogP contribution in [0, 0.1) is 33.8 Å². The molecule has 2 heterocycles. The van der Waals surface area contributed by atoms with Gasteiger partial charge in [0.15, 0.2) is 0 Å². The summed E-state index contributed by atoms with van der Waals surface area (Å²) in [6.45, 7) is 0.841. The van der Waals surface area contributed by atoms with Gasteiger partial charge < -0.3 is 0 Å². The van der Waals surface area contributed by atoms with E-state index in [2.05, 4.69) is 16.3 Å². The molecule has 0 N–H and O–H groups in total. The number of fused-ring (bicyclic) bond motifs is 1. The van der Waals surface area contributed by atoms with Crippen LogP contribution in [0.15, 0.2) is 47.7 Å². The van der Waals surface area contributed by atoms with Crippen LogP contribution in [0.3, 0.4) is 0 Å². The lowest BCUT2D eigenvalue weighted by Gasteiger charge is -2.70. The summed E-state index contributed by atoms with van der Waals surface area (Å²) in [5.74, 6) is -1.27. The monoisotopic (exact) mass is 501 g/mol. The Kier molecular flexibility index (Phi) is 5.82. The molecule has 8 heteroatoms. The minimum absolute atomic E-state index is 0.00352. The predicted octanol–water partition coefficient (Wildman–Crippen LogP) is 6.27. The number of halogens is 2. The minimum atomic E-state index is -0.634. The number of hydrogen-bond donors (Lipinski definition) is 0. The maximum Gasteiger partial charge on any atom is 0.249 e. The lowest BCUT2D eigenvalue weighted by Crippen LogP contribution is -2.67. The van der Waals surface area contributed by atoms with Crippen molar-refractivity contribution < 1.29 is 13.6 Å². The highest BCUT2D eigenvalue weighted by Crippen LogP contribution is 2.76. The topological polar surface area (TPSA) is 74.3 Å². The van der Waals surface area contributed by atoms with Crippen LogP contribution in [0.2, 0.25) is 0 Å². The summed E-state index contributed by atoms with van der Waals surface area (Å²) in [5, 5.41) is 20.4. The molecule has 7 rings (SSSR count). The van der Waals surface area contributed by atoms with Crippen LogP contribution in [0.25, 0.3) is 10.9 Å². The average Bonchev–Trinajstić information content (AvgIpc) is 3.48. The number of carbonyl (C=O) groups excluding carboxylic acids is 1. The van der Waals surface area contributed by atoms with Crippen molar-refractivity contribution in [3.8, 4) is 6.07 Å². The van der Waals surface area contributed by atoms with Crippen molar-refractivity contribution in [2.75, 3.05) is 0 Å². The molecular weight excluding hydrogens is 472 g/mol. The lowest BCUT2D eigenvalue weighted by atomic mass is 9.33. The third kappa shape index (κ3) is 4.11. The molecule has 0 spiro atoms. The van der Waals surface area contributed by atoms with Gasteiger partial charge in [0.1, 0.15) is 11.6 Å². The third-order valence-corrected chi connectivity index (χ3v) is 8.54. The Labute approximate surface area is 214 Å². The van der Waals surface area contributed by atoms with Crippen molar-refractivity contribution in [1.29, 1.82) is 5.26 Å². The zero-order chi connectivity index (χ0) is 25.6. The number of hydrazone groups is 1. The molecule has 1 aromatic heterocycles. The summed E-state index contributed by atoms with van der Waals surface area (Å²) in [5.41, 5.74) is 2.07. The summed E-state index contributed by atoms with van der Waals surface area (Å²) in [4.78, 5) is 13.3. The fraction of sp³-hybridized carbons (Fsp3) is 0.448. The Morgan fingerprint density at radius 3 is 2.59 bits per heavy atom. The van der Waals surface area contributed by atoms with E-state index < -0.39 is 17.7 Å². The van der Waals surface area contributed by atoms with Crippen molar-refractivity contribution in [3.63, 3.8) is 0 Å². The Morgan fingerprint density at radius 2 is 1.84 bits per heavy atom. The molecule has 2 aromatic carbocycles. The number of nitriles is 1. The smallest absolute Gasteiger partial charge is 0.249 e. The first-order valence-corrected chi connectivity index (χ1v) is 13.1. The van der Waals surface area contributed by atoms with Gasteiger partial charge in [-0.3, -0.25) is 9.48 Å². The maximum atomic E-state index is 13.7. The molecule has 1 atom stereocenters. The van der Waals surface area contributed by atoms with Crippen molar-refractivity contribution >= 4 is 23.0 Å². The summed E-state index contributed by atoms with van der Waals surface area (Å²) in [7, 11) is 0. The Bertz CT molecular complexity index is 1400. The highest BCUT2D eigenvalue weighted by molar-refractivity contribution is 5.88. The van der Waals surface area contributed by atoms with E-state index in [1.165, 1.54) is 17.1 Å². The standard InChI is InChI=1S/C29H29F2N5O/c30-22-12-21(13-23(31)14-22)25-8-10-33-36(25)27(37)29-17-28(18-29,19-29)9-3-1-2-4-11-35-26-7-5-6-20(15-32)24(26)16-34-35/h5-7,10,12-14,16,25H,1-4,8-9,11,17-19H2. The van der Waals surface area contributed by atoms with Crippen molar-refractivity contribution in [2.45, 2.75) is 70.4 Å². The van der Waals surface area contributed by atoms with E-state index >= 15 is 0 Å². The van der Waals surface area contributed by atoms with E-state index in [0.717, 1.165) is 74.9 Å². The minimum Gasteiger partial charge on any atom is -0.272 e. The highest BCUT2D eigenvalue weighted by atomic mass is 19.1. The zero-order valence-corrected chi connectivity index (χ0v) is 20.7. The van der Waals surface area contributed by atoms with Crippen LogP contribution in [0.4, 0.5) is 8.78 Å².